The lowest BCUT2D eigenvalue weighted by Crippen LogP contribution is -2.41. The molecular weight excluding hydrogens is 371 g/mol. The normalized spacial score (nSPS) is 20.9. The molecule has 1 amide bonds. The number of carbonyl (C=O) groups is 1. The van der Waals surface area contributed by atoms with E-state index in [0.29, 0.717) is 13.0 Å². The van der Waals surface area contributed by atoms with Crippen LogP contribution in [0.1, 0.15) is 43.1 Å². The average Bonchev–Trinajstić information content (AvgIpc) is 3.39. The van der Waals surface area contributed by atoms with Crippen LogP contribution in [0, 0.1) is 11.7 Å². The lowest BCUT2D eigenvalue weighted by Gasteiger charge is -2.33. The van der Waals surface area contributed by atoms with Crippen molar-refractivity contribution in [3.05, 3.63) is 47.5 Å². The molecule has 2 saturated heterocycles. The number of ether oxygens (including phenoxy) is 1. The number of para-hydroxylation sites is 1. The second-order valence-electron chi connectivity index (χ2n) is 8.11. The number of piperidine rings is 1. The van der Waals surface area contributed by atoms with E-state index >= 15 is 0 Å². The molecule has 2 fully saturated rings. The van der Waals surface area contributed by atoms with Gasteiger partial charge in [0.05, 0.1) is 18.3 Å². The summed E-state index contributed by atoms with van der Waals surface area (Å²) in [7, 11) is 2.11. The monoisotopic (exact) mass is 400 g/mol. The van der Waals surface area contributed by atoms with Crippen LogP contribution in [0.15, 0.2) is 30.3 Å². The molecule has 1 aromatic heterocycles. The van der Waals surface area contributed by atoms with Crippen LogP contribution >= 0.6 is 0 Å². The Morgan fingerprint density at radius 3 is 2.83 bits per heavy atom. The Morgan fingerprint density at radius 2 is 2.03 bits per heavy atom. The quantitative estimate of drug-likeness (QED) is 0.809. The van der Waals surface area contributed by atoms with Crippen molar-refractivity contribution in [3.8, 4) is 5.75 Å². The van der Waals surface area contributed by atoms with E-state index in [1.165, 1.54) is 6.07 Å². The van der Waals surface area contributed by atoms with Crippen LogP contribution in [0.4, 0.5) is 4.39 Å². The predicted molar refractivity (Wildman–Crippen MR) is 108 cm³/mol. The highest BCUT2D eigenvalue weighted by Gasteiger charge is 2.36. The van der Waals surface area contributed by atoms with Gasteiger partial charge in [0.15, 0.2) is 11.6 Å². The van der Waals surface area contributed by atoms with Crippen molar-refractivity contribution in [1.82, 2.24) is 20.0 Å². The zero-order chi connectivity index (χ0) is 20.2. The van der Waals surface area contributed by atoms with Gasteiger partial charge in [-0.1, -0.05) is 12.1 Å². The highest BCUT2D eigenvalue weighted by atomic mass is 19.1. The van der Waals surface area contributed by atoms with Crippen molar-refractivity contribution in [3.63, 3.8) is 0 Å². The number of halogens is 1. The molecule has 6 nitrogen and oxygen atoms in total. The zero-order valence-corrected chi connectivity index (χ0v) is 16.9. The molecule has 0 unspecified atom stereocenters. The van der Waals surface area contributed by atoms with Gasteiger partial charge in [-0.2, -0.15) is 5.10 Å². The van der Waals surface area contributed by atoms with E-state index in [9.17, 15) is 9.18 Å². The molecule has 2 aromatic rings. The summed E-state index contributed by atoms with van der Waals surface area (Å²) in [5.41, 5.74) is 1.86. The summed E-state index contributed by atoms with van der Waals surface area (Å²) in [6, 6.07) is 8.49. The Bertz CT molecular complexity index is 832. The molecule has 0 radical (unpaired) electrons. The van der Waals surface area contributed by atoms with E-state index in [2.05, 4.69) is 22.1 Å². The Kier molecular flexibility index (Phi) is 6.13. The number of likely N-dealkylation sites (tertiary alicyclic amines) is 2. The number of amides is 1. The van der Waals surface area contributed by atoms with Gasteiger partial charge in [-0.05, 0) is 64.0 Å². The molecule has 1 atom stereocenters. The van der Waals surface area contributed by atoms with Gasteiger partial charge in [-0.15, -0.1) is 0 Å². The second kappa shape index (κ2) is 8.95. The Balaban J connectivity index is 1.34. The highest BCUT2D eigenvalue weighted by Crippen LogP contribution is 2.34. The van der Waals surface area contributed by atoms with Crippen LogP contribution in [-0.4, -0.2) is 59.2 Å². The van der Waals surface area contributed by atoms with Gasteiger partial charge < -0.3 is 14.5 Å². The minimum absolute atomic E-state index is 0.0552. The summed E-state index contributed by atoms with van der Waals surface area (Å²) < 4.78 is 19.2. The number of H-pyrrole nitrogens is 1. The number of nitrogens with zero attached hydrogens (tertiary/aromatic N) is 3. The molecule has 1 aromatic carbocycles. The lowest BCUT2D eigenvalue weighted by molar-refractivity contribution is -0.138. The Labute approximate surface area is 171 Å². The third kappa shape index (κ3) is 4.61. The number of aromatic nitrogens is 2. The van der Waals surface area contributed by atoms with Crippen molar-refractivity contribution in [2.75, 3.05) is 33.3 Å². The number of hydrogen-bond donors (Lipinski definition) is 1. The SMILES string of the molecule is CN1CCC(C(=O)N2CCC[C@H]2c2cc(CCOc3ccccc3F)[nH]n2)CC1. The van der Waals surface area contributed by atoms with Gasteiger partial charge >= 0.3 is 0 Å². The smallest absolute Gasteiger partial charge is 0.226 e. The van der Waals surface area contributed by atoms with Gasteiger partial charge in [-0.25, -0.2) is 4.39 Å². The first-order chi connectivity index (χ1) is 14.1. The first-order valence-corrected chi connectivity index (χ1v) is 10.5. The predicted octanol–water partition coefficient (Wildman–Crippen LogP) is 3.18. The van der Waals surface area contributed by atoms with Crippen LogP contribution in [0.3, 0.4) is 0 Å². The summed E-state index contributed by atoms with van der Waals surface area (Å²) in [6.07, 6.45) is 4.46. The molecule has 156 valence electrons. The summed E-state index contributed by atoms with van der Waals surface area (Å²) >= 11 is 0. The van der Waals surface area contributed by atoms with Crippen molar-refractivity contribution in [1.29, 1.82) is 0 Å². The molecule has 0 aliphatic carbocycles. The van der Waals surface area contributed by atoms with Gasteiger partial charge in [-0.3, -0.25) is 9.89 Å². The fraction of sp³-hybridized carbons (Fsp3) is 0.545. The van der Waals surface area contributed by atoms with Crippen molar-refractivity contribution in [2.24, 2.45) is 5.92 Å². The van der Waals surface area contributed by atoms with Crippen molar-refractivity contribution >= 4 is 5.91 Å². The maximum atomic E-state index is 13.6. The lowest BCUT2D eigenvalue weighted by atomic mass is 9.95. The minimum atomic E-state index is -0.355. The van der Waals surface area contributed by atoms with E-state index < -0.39 is 0 Å². The number of carbonyl (C=O) groups excluding carboxylic acids is 1. The number of benzene rings is 1. The van der Waals surface area contributed by atoms with Gasteiger partial charge in [0.25, 0.3) is 0 Å². The molecule has 4 rings (SSSR count). The molecule has 0 saturated carbocycles. The summed E-state index contributed by atoms with van der Waals surface area (Å²) in [6.45, 7) is 3.16. The van der Waals surface area contributed by atoms with Crippen LogP contribution < -0.4 is 4.74 Å². The molecule has 7 heteroatoms. The molecular formula is C22H29FN4O2. The first kappa shape index (κ1) is 19.9. The molecule has 2 aliphatic heterocycles. The topological polar surface area (TPSA) is 61.5 Å². The maximum Gasteiger partial charge on any atom is 0.226 e. The fourth-order valence-electron chi connectivity index (χ4n) is 4.34. The van der Waals surface area contributed by atoms with Crippen molar-refractivity contribution in [2.45, 2.75) is 38.1 Å². The van der Waals surface area contributed by atoms with E-state index in [4.69, 9.17) is 4.74 Å². The molecule has 0 spiro atoms. The van der Waals surface area contributed by atoms with Gasteiger partial charge in [0.2, 0.25) is 5.91 Å². The van der Waals surface area contributed by atoms with Crippen LogP contribution in [0.2, 0.25) is 0 Å². The number of hydrogen-bond acceptors (Lipinski definition) is 4. The maximum absolute atomic E-state index is 13.6. The van der Waals surface area contributed by atoms with Gasteiger partial charge in [0.1, 0.15) is 0 Å². The van der Waals surface area contributed by atoms with E-state index in [1.54, 1.807) is 18.2 Å². The number of aromatic amines is 1. The third-order valence-corrected chi connectivity index (χ3v) is 6.06. The van der Waals surface area contributed by atoms with Crippen LogP contribution in [-0.2, 0) is 11.2 Å². The zero-order valence-electron chi connectivity index (χ0n) is 16.9. The van der Waals surface area contributed by atoms with E-state index in [0.717, 1.165) is 56.7 Å². The number of nitrogens with one attached hydrogen (secondary N) is 1. The highest BCUT2D eigenvalue weighted by molar-refractivity contribution is 5.79. The van der Waals surface area contributed by atoms with Crippen LogP contribution in [0.25, 0.3) is 0 Å². The average molecular weight is 400 g/mol. The van der Waals surface area contributed by atoms with Crippen LogP contribution in [0.5, 0.6) is 5.75 Å². The van der Waals surface area contributed by atoms with Gasteiger partial charge in [0, 0.05) is 24.6 Å². The Morgan fingerprint density at radius 1 is 1.24 bits per heavy atom. The molecule has 29 heavy (non-hydrogen) atoms. The summed E-state index contributed by atoms with van der Waals surface area (Å²) in [5.74, 6) is 0.331. The molecule has 1 N–H and O–H groups in total. The Hall–Kier alpha value is -2.41. The second-order valence-corrected chi connectivity index (χ2v) is 8.11. The largest absolute Gasteiger partial charge is 0.490 e. The fourth-order valence-corrected chi connectivity index (χ4v) is 4.34. The standard InChI is InChI=1S/C22H29FN4O2/c1-26-12-8-16(9-13-26)22(28)27-11-4-6-20(27)19-15-17(24-25-19)10-14-29-21-7-3-2-5-18(21)23/h2-3,5,7,15-16,20H,4,6,8-14H2,1H3,(H,24,25)/t20-/m0/s1. The van der Waals surface area contributed by atoms with E-state index in [-0.39, 0.29) is 29.4 Å². The van der Waals surface area contributed by atoms with Crippen molar-refractivity contribution < 1.29 is 13.9 Å². The summed E-state index contributed by atoms with van der Waals surface area (Å²) in [5, 5.41) is 7.53. The van der Waals surface area contributed by atoms with E-state index in [1.807, 2.05) is 11.0 Å². The molecule has 0 bridgehead atoms. The summed E-state index contributed by atoms with van der Waals surface area (Å²) in [4.78, 5) is 17.4. The third-order valence-electron chi connectivity index (χ3n) is 6.06. The number of rotatable bonds is 6. The molecule has 2 aliphatic rings. The molecule has 3 heterocycles. The first-order valence-electron chi connectivity index (χ1n) is 10.5. The minimum Gasteiger partial charge on any atom is -0.490 e.